The van der Waals surface area contributed by atoms with Crippen LogP contribution in [0.25, 0.3) is 0 Å². The lowest BCUT2D eigenvalue weighted by Crippen LogP contribution is -2.23. The standard InChI is InChI=1S/C16H19F2N5OS/c1-10(15(24)19-11-7-8-13(17)14(18)9-11)25-16-20-21-22-23(16)12-5-3-2-4-6-12/h7-10,12H,2-6H2,1H3,(H,19,24). The molecule has 1 N–H and O–H groups in total. The number of anilines is 1. The van der Waals surface area contributed by atoms with Crippen LogP contribution in [-0.4, -0.2) is 31.4 Å². The summed E-state index contributed by atoms with van der Waals surface area (Å²) in [6.45, 7) is 1.72. The molecule has 0 saturated heterocycles. The quantitative estimate of drug-likeness (QED) is 0.818. The van der Waals surface area contributed by atoms with Gasteiger partial charge in [-0.05, 0) is 42.3 Å². The van der Waals surface area contributed by atoms with Crippen molar-refractivity contribution in [2.45, 2.75) is 55.5 Å². The third-order valence-corrected chi connectivity index (χ3v) is 5.27. The van der Waals surface area contributed by atoms with Gasteiger partial charge in [0.05, 0.1) is 11.3 Å². The summed E-state index contributed by atoms with van der Waals surface area (Å²) in [6.07, 6.45) is 5.61. The van der Waals surface area contributed by atoms with Gasteiger partial charge in [-0.1, -0.05) is 31.0 Å². The van der Waals surface area contributed by atoms with Crippen LogP contribution in [0.3, 0.4) is 0 Å². The lowest BCUT2D eigenvalue weighted by molar-refractivity contribution is -0.115. The third-order valence-electron chi connectivity index (χ3n) is 4.22. The maximum absolute atomic E-state index is 13.2. The van der Waals surface area contributed by atoms with E-state index in [2.05, 4.69) is 20.8 Å². The molecule has 134 valence electrons. The topological polar surface area (TPSA) is 72.7 Å². The van der Waals surface area contributed by atoms with E-state index < -0.39 is 16.9 Å². The summed E-state index contributed by atoms with van der Waals surface area (Å²) in [5.41, 5.74) is 0.211. The van der Waals surface area contributed by atoms with Crippen molar-refractivity contribution < 1.29 is 13.6 Å². The van der Waals surface area contributed by atoms with Crippen molar-refractivity contribution in [1.29, 1.82) is 0 Å². The highest BCUT2D eigenvalue weighted by molar-refractivity contribution is 8.00. The summed E-state index contributed by atoms with van der Waals surface area (Å²) in [5.74, 6) is -2.28. The highest BCUT2D eigenvalue weighted by Gasteiger charge is 2.24. The van der Waals surface area contributed by atoms with E-state index in [1.165, 1.54) is 24.2 Å². The van der Waals surface area contributed by atoms with Gasteiger partial charge >= 0.3 is 0 Å². The molecule has 1 aliphatic carbocycles. The van der Waals surface area contributed by atoms with Gasteiger partial charge in [0.25, 0.3) is 0 Å². The maximum atomic E-state index is 13.2. The predicted octanol–water partition coefficient (Wildman–Crippen LogP) is 3.58. The number of hydrogen-bond donors (Lipinski definition) is 1. The van der Waals surface area contributed by atoms with Crippen LogP contribution in [0, 0.1) is 11.6 Å². The van der Waals surface area contributed by atoms with Crippen molar-refractivity contribution in [1.82, 2.24) is 20.2 Å². The van der Waals surface area contributed by atoms with Crippen LogP contribution < -0.4 is 5.32 Å². The number of rotatable bonds is 5. The van der Waals surface area contributed by atoms with Crippen molar-refractivity contribution in [2.75, 3.05) is 5.32 Å². The van der Waals surface area contributed by atoms with E-state index >= 15 is 0 Å². The van der Waals surface area contributed by atoms with Crippen LogP contribution in [0.5, 0.6) is 0 Å². The Morgan fingerprint density at radius 2 is 2.04 bits per heavy atom. The largest absolute Gasteiger partial charge is 0.325 e. The van der Waals surface area contributed by atoms with E-state index in [-0.39, 0.29) is 17.6 Å². The van der Waals surface area contributed by atoms with Gasteiger partial charge in [0.2, 0.25) is 11.1 Å². The van der Waals surface area contributed by atoms with Crippen LogP contribution in [0.4, 0.5) is 14.5 Å². The Kier molecular flexibility index (Phi) is 5.62. The maximum Gasteiger partial charge on any atom is 0.237 e. The fourth-order valence-electron chi connectivity index (χ4n) is 2.85. The average Bonchev–Trinajstić information content (AvgIpc) is 3.07. The van der Waals surface area contributed by atoms with Crippen LogP contribution >= 0.6 is 11.8 Å². The van der Waals surface area contributed by atoms with Gasteiger partial charge in [-0.2, -0.15) is 0 Å². The molecule has 25 heavy (non-hydrogen) atoms. The summed E-state index contributed by atoms with van der Waals surface area (Å²) < 4.78 is 28.0. The first kappa shape index (κ1) is 17.8. The zero-order valence-electron chi connectivity index (χ0n) is 13.8. The minimum atomic E-state index is -1.00. The highest BCUT2D eigenvalue weighted by Crippen LogP contribution is 2.31. The van der Waals surface area contributed by atoms with Crippen LogP contribution in [0.1, 0.15) is 45.1 Å². The Morgan fingerprint density at radius 1 is 1.28 bits per heavy atom. The lowest BCUT2D eigenvalue weighted by atomic mass is 9.96. The number of halogens is 2. The second-order valence-electron chi connectivity index (χ2n) is 6.08. The van der Waals surface area contributed by atoms with Gasteiger partial charge in [0.15, 0.2) is 11.6 Å². The van der Waals surface area contributed by atoms with E-state index in [1.54, 1.807) is 11.6 Å². The SMILES string of the molecule is CC(Sc1nnnn1C1CCCCC1)C(=O)Nc1ccc(F)c(F)c1. The number of nitrogens with zero attached hydrogens (tertiary/aromatic N) is 4. The van der Waals surface area contributed by atoms with Crippen molar-refractivity contribution in [3.63, 3.8) is 0 Å². The molecule has 2 aromatic rings. The number of tetrazole rings is 1. The zero-order valence-corrected chi connectivity index (χ0v) is 14.6. The molecule has 9 heteroatoms. The van der Waals surface area contributed by atoms with E-state index in [4.69, 9.17) is 0 Å². The van der Waals surface area contributed by atoms with Gasteiger partial charge in [0.1, 0.15) is 0 Å². The molecule has 1 heterocycles. The van der Waals surface area contributed by atoms with Crippen LogP contribution in [0.2, 0.25) is 0 Å². The molecule has 1 fully saturated rings. The Hall–Kier alpha value is -2.03. The summed E-state index contributed by atoms with van der Waals surface area (Å²) in [7, 11) is 0. The van der Waals surface area contributed by atoms with Gasteiger partial charge in [0, 0.05) is 11.8 Å². The molecule has 0 bridgehead atoms. The van der Waals surface area contributed by atoms with Gasteiger partial charge in [-0.3, -0.25) is 4.79 Å². The van der Waals surface area contributed by atoms with E-state index in [1.807, 2.05) is 0 Å². The van der Waals surface area contributed by atoms with Crippen molar-refractivity contribution in [3.05, 3.63) is 29.8 Å². The summed E-state index contributed by atoms with van der Waals surface area (Å²) >= 11 is 1.25. The smallest absolute Gasteiger partial charge is 0.237 e. The Bertz CT molecular complexity index is 748. The first-order chi connectivity index (χ1) is 12.0. The zero-order chi connectivity index (χ0) is 17.8. The number of carbonyl (C=O) groups excluding carboxylic acids is 1. The van der Waals surface area contributed by atoms with Crippen molar-refractivity contribution in [3.8, 4) is 0 Å². The molecule has 1 aromatic heterocycles. The van der Waals surface area contributed by atoms with Gasteiger partial charge in [-0.25, -0.2) is 13.5 Å². The molecule has 6 nitrogen and oxygen atoms in total. The Morgan fingerprint density at radius 3 is 2.76 bits per heavy atom. The first-order valence-corrected chi connectivity index (χ1v) is 9.13. The monoisotopic (exact) mass is 367 g/mol. The molecular formula is C16H19F2N5OS. The average molecular weight is 367 g/mol. The molecule has 1 aromatic carbocycles. The second-order valence-corrected chi connectivity index (χ2v) is 7.38. The fraction of sp³-hybridized carbons (Fsp3) is 0.500. The molecule has 0 spiro atoms. The predicted molar refractivity (Wildman–Crippen MR) is 90.2 cm³/mol. The number of benzene rings is 1. The molecule has 1 unspecified atom stereocenters. The molecule has 1 atom stereocenters. The highest BCUT2D eigenvalue weighted by atomic mass is 32.2. The number of amides is 1. The normalized spacial score (nSPS) is 16.6. The minimum Gasteiger partial charge on any atom is -0.325 e. The van der Waals surface area contributed by atoms with Gasteiger partial charge < -0.3 is 5.32 Å². The minimum absolute atomic E-state index is 0.211. The number of aromatic nitrogens is 4. The summed E-state index contributed by atoms with van der Waals surface area (Å²) in [5, 5.41) is 14.5. The summed E-state index contributed by atoms with van der Waals surface area (Å²) in [4.78, 5) is 12.3. The number of carbonyl (C=O) groups is 1. The third kappa shape index (κ3) is 4.33. The molecule has 0 radical (unpaired) electrons. The molecule has 0 aliphatic heterocycles. The van der Waals surface area contributed by atoms with E-state index in [9.17, 15) is 13.6 Å². The molecular weight excluding hydrogens is 348 g/mol. The lowest BCUT2D eigenvalue weighted by Gasteiger charge is -2.22. The fourth-order valence-corrected chi connectivity index (χ4v) is 3.71. The van der Waals surface area contributed by atoms with E-state index in [0.717, 1.165) is 37.8 Å². The van der Waals surface area contributed by atoms with Crippen molar-refractivity contribution in [2.24, 2.45) is 0 Å². The number of hydrogen-bond acceptors (Lipinski definition) is 5. The summed E-state index contributed by atoms with van der Waals surface area (Å²) in [6, 6.07) is 3.52. The van der Waals surface area contributed by atoms with E-state index in [0.29, 0.717) is 5.16 Å². The Balaban J connectivity index is 1.63. The molecule has 1 amide bonds. The second kappa shape index (κ2) is 7.90. The first-order valence-electron chi connectivity index (χ1n) is 8.25. The number of nitrogens with one attached hydrogen (secondary N) is 1. The van der Waals surface area contributed by atoms with Crippen LogP contribution in [-0.2, 0) is 4.79 Å². The molecule has 3 rings (SSSR count). The van der Waals surface area contributed by atoms with Crippen LogP contribution in [0.15, 0.2) is 23.4 Å². The Labute approximate surface area is 148 Å². The molecule has 1 aliphatic rings. The molecule has 1 saturated carbocycles. The van der Waals surface area contributed by atoms with Gasteiger partial charge in [-0.15, -0.1) is 5.10 Å². The number of thioether (sulfide) groups is 1. The van der Waals surface area contributed by atoms with Crippen molar-refractivity contribution >= 4 is 23.4 Å².